The first-order valence-electron chi connectivity index (χ1n) is 1.05. The third-order valence-electron chi connectivity index (χ3n) is 0.144. The SMILES string of the molecule is COC[NH-].[Y].[Y].[Y].[Y].[Y].[Y]. The van der Waals surface area contributed by atoms with E-state index in [9.17, 15) is 0 Å². The Morgan fingerprint density at radius 1 is 0.900 bits per heavy atom. The first kappa shape index (κ1) is 43.9. The summed E-state index contributed by atoms with van der Waals surface area (Å²) in [6, 6.07) is 0. The monoisotopic (exact) mass is 593 g/mol. The van der Waals surface area contributed by atoms with Gasteiger partial charge in [-0.05, 0) is 6.73 Å². The maximum absolute atomic E-state index is 6.23. The van der Waals surface area contributed by atoms with E-state index in [1.54, 1.807) is 0 Å². The minimum absolute atomic E-state index is 0. The van der Waals surface area contributed by atoms with Crippen LogP contribution in [0.1, 0.15) is 0 Å². The van der Waals surface area contributed by atoms with E-state index in [0.717, 1.165) is 0 Å². The van der Waals surface area contributed by atoms with E-state index in [1.807, 2.05) is 0 Å². The zero-order valence-corrected chi connectivity index (χ0v) is 23.1. The molecular formula is C2H6NOY6-. The first-order chi connectivity index (χ1) is 1.91. The number of hydrogen-bond acceptors (Lipinski definition) is 1. The fourth-order valence-electron chi connectivity index (χ4n) is 0. The van der Waals surface area contributed by atoms with Crippen molar-refractivity contribution in [1.29, 1.82) is 0 Å². The van der Waals surface area contributed by atoms with E-state index in [4.69, 9.17) is 5.73 Å². The summed E-state index contributed by atoms with van der Waals surface area (Å²) in [6.45, 7) is 0.0694. The average molecular weight is 594 g/mol. The maximum atomic E-state index is 6.23. The molecule has 0 heterocycles. The van der Waals surface area contributed by atoms with Crippen LogP contribution in [0.3, 0.4) is 0 Å². The standard InChI is InChI=1S/C2H6NO.6Y/c1-4-2-3;;;;;;/h3H,2H2,1H3;;;;;;/q-1;;;;;;. The van der Waals surface area contributed by atoms with Crippen molar-refractivity contribution in [3.05, 3.63) is 5.73 Å². The minimum Gasteiger partial charge on any atom is -0.655 e. The van der Waals surface area contributed by atoms with E-state index in [1.165, 1.54) is 7.11 Å². The van der Waals surface area contributed by atoms with E-state index >= 15 is 0 Å². The third kappa shape index (κ3) is 46.9. The van der Waals surface area contributed by atoms with Crippen molar-refractivity contribution in [2.75, 3.05) is 13.8 Å². The van der Waals surface area contributed by atoms with Gasteiger partial charge < -0.3 is 10.5 Å². The van der Waals surface area contributed by atoms with Gasteiger partial charge in [-0.1, -0.05) is 0 Å². The van der Waals surface area contributed by atoms with Crippen LogP contribution in [0.2, 0.25) is 0 Å². The summed E-state index contributed by atoms with van der Waals surface area (Å²) in [6.07, 6.45) is 0. The van der Waals surface area contributed by atoms with Gasteiger partial charge in [0.1, 0.15) is 0 Å². The molecule has 1 N–H and O–H groups in total. The van der Waals surface area contributed by atoms with Gasteiger partial charge in [0.05, 0.1) is 0 Å². The Labute approximate surface area is 214 Å². The summed E-state index contributed by atoms with van der Waals surface area (Å²) in [5.41, 5.74) is 6.23. The molecule has 0 amide bonds. The summed E-state index contributed by atoms with van der Waals surface area (Å²) in [4.78, 5) is 0. The molecule has 0 aliphatic heterocycles. The summed E-state index contributed by atoms with van der Waals surface area (Å²) in [5.74, 6) is 0. The zero-order valence-electron chi connectivity index (χ0n) is 6.08. The molecule has 0 bridgehead atoms. The molecule has 2 nitrogen and oxygen atoms in total. The molecule has 0 spiro atoms. The smallest absolute Gasteiger partial charge is 0.0331 e. The van der Waals surface area contributed by atoms with Gasteiger partial charge in [-0.15, -0.1) is 0 Å². The van der Waals surface area contributed by atoms with Crippen LogP contribution in [0.15, 0.2) is 0 Å². The molecule has 0 saturated carbocycles. The molecule has 6 radical (unpaired) electrons. The van der Waals surface area contributed by atoms with Crippen LogP contribution in [0.4, 0.5) is 0 Å². The van der Waals surface area contributed by atoms with Crippen LogP contribution in [0.5, 0.6) is 0 Å². The van der Waals surface area contributed by atoms with Crippen LogP contribution in [0, 0.1) is 0 Å². The molecule has 0 rings (SSSR count). The predicted molar refractivity (Wildman–Crippen MR) is 16.2 cm³/mol. The number of methoxy groups -OCH3 is 1. The molecule has 10 heavy (non-hydrogen) atoms. The molecule has 0 aromatic rings. The molecule has 0 atom stereocenters. The van der Waals surface area contributed by atoms with Crippen molar-refractivity contribution in [2.45, 2.75) is 0 Å². The normalized spacial score (nSPS) is 3.00. The number of ether oxygens (including phenoxy) is 1. The molecule has 0 unspecified atom stereocenters. The molecule has 0 fully saturated rings. The second-order valence-corrected chi connectivity index (χ2v) is 0.433. The summed E-state index contributed by atoms with van der Waals surface area (Å²) >= 11 is 0. The Bertz CT molecular complexity index is 17.7. The summed E-state index contributed by atoms with van der Waals surface area (Å²) < 4.78 is 4.21. The van der Waals surface area contributed by atoms with Crippen molar-refractivity contribution < 1.29 is 201 Å². The predicted octanol–water partition coefficient (Wildman–Crippen LogP) is 0.628. The number of hydrogen-bond donors (Lipinski definition) is 0. The molecule has 0 aromatic carbocycles. The van der Waals surface area contributed by atoms with Gasteiger partial charge in [-0.25, -0.2) is 0 Å². The Kier molecular flexibility index (Phi) is 198. The van der Waals surface area contributed by atoms with Crippen LogP contribution in [-0.2, 0) is 201 Å². The second-order valence-electron chi connectivity index (χ2n) is 0.433. The molecule has 0 saturated heterocycles. The van der Waals surface area contributed by atoms with Crippen LogP contribution in [0.25, 0.3) is 5.73 Å². The molecule has 8 heteroatoms. The fraction of sp³-hybridized carbons (Fsp3) is 1.00. The van der Waals surface area contributed by atoms with E-state index in [2.05, 4.69) is 4.74 Å². The summed E-state index contributed by atoms with van der Waals surface area (Å²) in [7, 11) is 1.49. The van der Waals surface area contributed by atoms with Crippen LogP contribution < -0.4 is 0 Å². The zero-order chi connectivity index (χ0) is 3.41. The van der Waals surface area contributed by atoms with E-state index < -0.39 is 0 Å². The average Bonchev–Trinajstić information content (AvgIpc) is 1.37. The first-order valence-corrected chi connectivity index (χ1v) is 1.05. The van der Waals surface area contributed by atoms with Gasteiger partial charge >= 0.3 is 0 Å². The quantitative estimate of drug-likeness (QED) is 0.440. The third-order valence-corrected chi connectivity index (χ3v) is 0.144. The van der Waals surface area contributed by atoms with Gasteiger partial charge in [0.2, 0.25) is 0 Å². The number of rotatable bonds is 1. The van der Waals surface area contributed by atoms with Gasteiger partial charge in [0.25, 0.3) is 0 Å². The van der Waals surface area contributed by atoms with Gasteiger partial charge in [-0.2, -0.15) is 0 Å². The molecule has 0 aliphatic rings. The van der Waals surface area contributed by atoms with Crippen molar-refractivity contribution in [3.63, 3.8) is 0 Å². The van der Waals surface area contributed by atoms with Crippen molar-refractivity contribution in [2.24, 2.45) is 0 Å². The van der Waals surface area contributed by atoms with Crippen LogP contribution >= 0.6 is 0 Å². The molecular weight excluding hydrogens is 587 g/mol. The van der Waals surface area contributed by atoms with Crippen molar-refractivity contribution in [1.82, 2.24) is 0 Å². The fourth-order valence-corrected chi connectivity index (χ4v) is 0. The molecule has 44 valence electrons. The largest absolute Gasteiger partial charge is 0.655 e. The van der Waals surface area contributed by atoms with Gasteiger partial charge in [0, 0.05) is 203 Å². The Balaban J connectivity index is -0.00000000300. The molecule has 0 aliphatic carbocycles. The Hall–Kier alpha value is 6.54. The van der Waals surface area contributed by atoms with Crippen LogP contribution in [-0.4, -0.2) is 13.8 Å². The minimum atomic E-state index is 0. The topological polar surface area (TPSA) is 33.0 Å². The molecule has 0 aromatic heterocycles. The van der Waals surface area contributed by atoms with Crippen molar-refractivity contribution in [3.8, 4) is 0 Å². The Morgan fingerprint density at radius 2 is 1.00 bits per heavy atom. The maximum Gasteiger partial charge on any atom is 0.0331 e. The van der Waals surface area contributed by atoms with Gasteiger partial charge in [0.15, 0.2) is 0 Å². The van der Waals surface area contributed by atoms with Gasteiger partial charge in [-0.3, -0.25) is 0 Å². The number of nitrogens with one attached hydrogen (secondary N) is 1. The summed E-state index contributed by atoms with van der Waals surface area (Å²) in [5, 5.41) is 0. The Morgan fingerprint density at radius 3 is 1.00 bits per heavy atom. The van der Waals surface area contributed by atoms with E-state index in [-0.39, 0.29) is 203 Å². The second kappa shape index (κ2) is 45.0. The van der Waals surface area contributed by atoms with Crippen molar-refractivity contribution >= 4 is 0 Å². The van der Waals surface area contributed by atoms with E-state index in [0.29, 0.717) is 0 Å².